The number of nitrogens with zero attached hydrogens (tertiary/aromatic N) is 3. The molecule has 0 saturated heterocycles. The number of hydrogen-bond donors (Lipinski definition) is 3. The summed E-state index contributed by atoms with van der Waals surface area (Å²) in [5.74, 6) is -4.71. The van der Waals surface area contributed by atoms with Gasteiger partial charge in [-0.3, -0.25) is 28.8 Å². The Hall–Kier alpha value is -3.68. The molecule has 1 heterocycles. The fraction of sp³-hybridized carbons (Fsp3) is 0.636. The van der Waals surface area contributed by atoms with E-state index in [1.807, 2.05) is 0 Å². The van der Waals surface area contributed by atoms with E-state index in [1.54, 1.807) is 20.8 Å². The van der Waals surface area contributed by atoms with E-state index >= 15 is 0 Å². The summed E-state index contributed by atoms with van der Waals surface area (Å²) >= 11 is 0. The third-order valence-electron chi connectivity index (χ3n) is 7.61. The molecule has 293 valence electrons. The molecule has 3 amide bonds. The first-order valence-corrected chi connectivity index (χ1v) is 16.8. The van der Waals surface area contributed by atoms with Crippen molar-refractivity contribution >= 4 is 35.6 Å². The van der Waals surface area contributed by atoms with E-state index in [9.17, 15) is 44.4 Å². The maximum atomic E-state index is 12.3. The average molecular weight is 780 g/mol. The first kappa shape index (κ1) is 48.3. The summed E-state index contributed by atoms with van der Waals surface area (Å²) in [7, 11) is 0. The Morgan fingerprint density at radius 2 is 0.750 bits per heavy atom. The number of hydrogen-bond acceptors (Lipinski definition) is 15. The molecule has 0 aromatic rings. The van der Waals surface area contributed by atoms with E-state index in [0.717, 1.165) is 18.2 Å². The van der Waals surface area contributed by atoms with Crippen molar-refractivity contribution in [3.05, 3.63) is 50.6 Å². The quantitative estimate of drug-likeness (QED) is 0.175. The van der Waals surface area contributed by atoms with Crippen molar-refractivity contribution in [2.45, 2.75) is 96.7 Å². The van der Waals surface area contributed by atoms with Crippen molar-refractivity contribution in [3.63, 3.8) is 0 Å². The second-order valence-corrected chi connectivity index (χ2v) is 12.3. The third kappa shape index (κ3) is 20.4. The van der Waals surface area contributed by atoms with Gasteiger partial charge < -0.3 is 62.2 Å². The molecule has 6 N–H and O–H groups in total. The Morgan fingerprint density at radius 1 is 0.519 bits per heavy atom. The van der Waals surface area contributed by atoms with Crippen LogP contribution in [0.4, 0.5) is 0 Å². The summed E-state index contributed by atoms with van der Waals surface area (Å²) in [4.78, 5) is 73.4. The molecule has 19 heteroatoms. The number of esters is 3. The van der Waals surface area contributed by atoms with Crippen molar-refractivity contribution in [2.24, 2.45) is 17.2 Å². The molecule has 0 bridgehead atoms. The molecule has 0 fully saturated rings. The van der Waals surface area contributed by atoms with Crippen LogP contribution in [-0.2, 0) is 60.0 Å². The van der Waals surface area contributed by atoms with E-state index in [0.29, 0.717) is 16.7 Å². The van der Waals surface area contributed by atoms with Crippen LogP contribution in [0.5, 0.6) is 0 Å². The van der Waals surface area contributed by atoms with Crippen LogP contribution in [0, 0.1) is 15.6 Å². The Kier molecular flexibility index (Phi) is 24.3. The predicted octanol–water partition coefficient (Wildman–Crippen LogP) is 0.938. The minimum atomic E-state index is -1.06. The first-order valence-electron chi connectivity index (χ1n) is 16.8. The van der Waals surface area contributed by atoms with Gasteiger partial charge in [-0.1, -0.05) is 16.7 Å². The maximum absolute atomic E-state index is 12.3. The molecule has 1 rings (SSSR count). The van der Waals surface area contributed by atoms with Crippen LogP contribution in [0.1, 0.15) is 78.6 Å². The zero-order chi connectivity index (χ0) is 38.5. The number of nitrogens with two attached hydrogens (primary N) is 3. The fourth-order valence-electron chi connectivity index (χ4n) is 4.37. The van der Waals surface area contributed by atoms with Crippen LogP contribution >= 0.6 is 0 Å². The van der Waals surface area contributed by atoms with Gasteiger partial charge in [0.15, 0.2) is 0 Å². The van der Waals surface area contributed by atoms with E-state index < -0.39 is 53.8 Å². The Balaban J connectivity index is 0.0000260. The van der Waals surface area contributed by atoms with Crippen molar-refractivity contribution < 1.29 is 60.0 Å². The van der Waals surface area contributed by atoms with Gasteiger partial charge in [0.2, 0.25) is 17.7 Å². The second-order valence-electron chi connectivity index (χ2n) is 12.3. The number of carbonyl (C=O) groups excluding carboxylic acids is 6. The molecule has 18 nitrogen and oxygen atoms in total. The van der Waals surface area contributed by atoms with Crippen LogP contribution in [0.25, 0.3) is 0 Å². The standard InChI is InChI=1S/C33H51N6O12.Fe/c1-22-10-16-49-31(43)25(34)8-5-14-38(47)29(41)20-24(3)12-18-51-33(45)27(36)9-6-15-39(48)30(42)21-23(2)11-17-50-32(44)26(35)7-4-13-37(46)28(40)19-22;/h19-21,25-27H,4-18,34-36H2,1-3H3;/q-3;+3/b22-19-,23-21-,24-20+;. The van der Waals surface area contributed by atoms with Gasteiger partial charge in [-0.05, 0) is 59.3 Å². The van der Waals surface area contributed by atoms with Gasteiger partial charge in [-0.15, -0.1) is 0 Å². The SMILES string of the molecule is C/C1=C/C(=O)N([O-])CCCC(N)C(=O)OCC/C(C)=C/C(=O)N([O-])CCCC(N)C(=O)OCC/C(C)=C\C(=O)N([O-])CCCC(N)C(=O)OCC1.[Fe+3]. The Morgan fingerprint density at radius 3 is 0.981 bits per heavy atom. The summed E-state index contributed by atoms with van der Waals surface area (Å²) in [6, 6.07) is -3.17. The van der Waals surface area contributed by atoms with Crippen molar-refractivity contribution in [2.75, 3.05) is 39.5 Å². The summed E-state index contributed by atoms with van der Waals surface area (Å²) in [5.41, 5.74) is 18.9. The Labute approximate surface area is 314 Å². The van der Waals surface area contributed by atoms with Crippen LogP contribution in [-0.4, -0.2) is 108 Å². The molecular formula is C33H51FeN6O12. The largest absolute Gasteiger partial charge is 3.00 e. The smallest absolute Gasteiger partial charge is 0.756 e. The average Bonchev–Trinajstić information content (AvgIpc) is 3.06. The van der Waals surface area contributed by atoms with Crippen molar-refractivity contribution in [1.82, 2.24) is 15.2 Å². The monoisotopic (exact) mass is 779 g/mol. The molecule has 0 aromatic carbocycles. The molecule has 1 aliphatic rings. The summed E-state index contributed by atoms with van der Waals surface area (Å²) in [5, 5.41) is 37.2. The number of hydroxylamine groups is 6. The first-order chi connectivity index (χ1) is 24.0. The molecule has 0 aromatic heterocycles. The summed E-state index contributed by atoms with van der Waals surface area (Å²) < 4.78 is 15.4. The van der Waals surface area contributed by atoms with E-state index in [2.05, 4.69) is 0 Å². The van der Waals surface area contributed by atoms with Gasteiger partial charge in [-0.2, -0.15) is 0 Å². The van der Waals surface area contributed by atoms with Gasteiger partial charge in [0.1, 0.15) is 18.1 Å². The number of carbonyl (C=O) groups is 6. The number of cyclic esters (lactones) is 3. The topological polar surface area (TPSA) is 287 Å². The molecule has 0 saturated carbocycles. The summed E-state index contributed by atoms with van der Waals surface area (Å²) in [6.45, 7) is 3.68. The molecule has 3 atom stereocenters. The van der Waals surface area contributed by atoms with Crippen LogP contribution in [0.2, 0.25) is 0 Å². The maximum Gasteiger partial charge on any atom is 3.00 e. The van der Waals surface area contributed by atoms with E-state index in [1.165, 1.54) is 0 Å². The van der Waals surface area contributed by atoms with Crippen LogP contribution in [0.15, 0.2) is 34.9 Å². The van der Waals surface area contributed by atoms with Gasteiger partial charge >= 0.3 is 35.0 Å². The zero-order valence-electron chi connectivity index (χ0n) is 29.9. The normalized spacial score (nSPS) is 27.1. The Bertz CT molecular complexity index is 1140. The minimum absolute atomic E-state index is 0. The number of rotatable bonds is 0. The van der Waals surface area contributed by atoms with Gasteiger partial charge in [0, 0.05) is 57.1 Å². The minimum Gasteiger partial charge on any atom is -0.756 e. The van der Waals surface area contributed by atoms with Gasteiger partial charge in [-0.25, -0.2) is 0 Å². The molecular weight excluding hydrogens is 728 g/mol. The summed E-state index contributed by atoms with van der Waals surface area (Å²) in [6.07, 6.45) is 4.27. The second kappa shape index (κ2) is 26.1. The van der Waals surface area contributed by atoms with Crippen LogP contribution < -0.4 is 17.2 Å². The van der Waals surface area contributed by atoms with Gasteiger partial charge in [0.05, 0.1) is 19.8 Å². The molecule has 0 spiro atoms. The number of amides is 3. The van der Waals surface area contributed by atoms with Crippen LogP contribution in [0.3, 0.4) is 0 Å². The predicted molar refractivity (Wildman–Crippen MR) is 185 cm³/mol. The van der Waals surface area contributed by atoms with Crippen molar-refractivity contribution in [3.8, 4) is 0 Å². The number of ether oxygens (including phenoxy) is 3. The third-order valence-corrected chi connectivity index (χ3v) is 7.61. The van der Waals surface area contributed by atoms with Crippen molar-refractivity contribution in [1.29, 1.82) is 0 Å². The zero-order valence-corrected chi connectivity index (χ0v) is 31.0. The molecule has 1 radical (unpaired) electrons. The van der Waals surface area contributed by atoms with E-state index in [-0.39, 0.29) is 130 Å². The van der Waals surface area contributed by atoms with Gasteiger partial charge in [0.25, 0.3) is 0 Å². The molecule has 1 aliphatic heterocycles. The molecule has 3 unspecified atom stereocenters. The molecule has 0 aliphatic carbocycles. The van der Waals surface area contributed by atoms with E-state index in [4.69, 9.17) is 31.4 Å². The fourth-order valence-corrected chi connectivity index (χ4v) is 4.37. The molecule has 52 heavy (non-hydrogen) atoms.